The molecule has 5 heteroatoms. The molecule has 1 aliphatic heterocycles. The van der Waals surface area contributed by atoms with Crippen molar-refractivity contribution in [3.8, 4) is 0 Å². The summed E-state index contributed by atoms with van der Waals surface area (Å²) < 4.78 is 0. The maximum Gasteiger partial charge on any atom is 0.285 e. The molecule has 1 aromatic heterocycles. The van der Waals surface area contributed by atoms with Crippen molar-refractivity contribution in [2.45, 2.75) is 26.2 Å². The van der Waals surface area contributed by atoms with Crippen LogP contribution in [0.5, 0.6) is 0 Å². The third kappa shape index (κ3) is 3.17. The van der Waals surface area contributed by atoms with Crippen molar-refractivity contribution in [3.63, 3.8) is 0 Å². The topological polar surface area (TPSA) is 49.0 Å². The van der Waals surface area contributed by atoms with Gasteiger partial charge in [0, 0.05) is 13.1 Å². The SMILES string of the molecule is C[C@@]1(CCc2ccccc2)CCN(c2cn[nH]c(=O)c2Cl)C1. The Bertz CT molecular complexity index is 701. The third-order valence-electron chi connectivity index (χ3n) is 4.54. The highest BCUT2D eigenvalue weighted by Gasteiger charge is 2.34. The van der Waals surface area contributed by atoms with Crippen LogP contribution in [0.3, 0.4) is 0 Å². The molecule has 1 atom stereocenters. The molecule has 2 heterocycles. The summed E-state index contributed by atoms with van der Waals surface area (Å²) in [7, 11) is 0. The Balaban J connectivity index is 1.68. The van der Waals surface area contributed by atoms with E-state index in [1.807, 2.05) is 6.07 Å². The van der Waals surface area contributed by atoms with Gasteiger partial charge >= 0.3 is 0 Å². The third-order valence-corrected chi connectivity index (χ3v) is 4.90. The van der Waals surface area contributed by atoms with Crippen LogP contribution in [0.25, 0.3) is 0 Å². The van der Waals surface area contributed by atoms with Crippen LogP contribution in [0.4, 0.5) is 5.69 Å². The fraction of sp³-hybridized carbons (Fsp3) is 0.412. The Morgan fingerprint density at radius 1 is 1.36 bits per heavy atom. The molecule has 0 unspecified atom stereocenters. The summed E-state index contributed by atoms with van der Waals surface area (Å²) >= 11 is 6.11. The van der Waals surface area contributed by atoms with Gasteiger partial charge in [-0.1, -0.05) is 48.9 Å². The fourth-order valence-corrected chi connectivity index (χ4v) is 3.33. The van der Waals surface area contributed by atoms with Crippen LogP contribution in [-0.4, -0.2) is 23.3 Å². The van der Waals surface area contributed by atoms with Crippen molar-refractivity contribution in [1.82, 2.24) is 10.2 Å². The molecule has 1 fully saturated rings. The Kier molecular flexibility index (Phi) is 4.21. The zero-order chi connectivity index (χ0) is 15.6. The van der Waals surface area contributed by atoms with E-state index in [9.17, 15) is 4.79 Å². The number of H-pyrrole nitrogens is 1. The Morgan fingerprint density at radius 2 is 2.14 bits per heavy atom. The standard InChI is InChI=1S/C17H20ClN3O/c1-17(8-7-13-5-3-2-4-6-13)9-10-21(12-17)14-11-19-20-16(22)15(14)18/h2-6,11H,7-10,12H2,1H3,(H,20,22)/t17-/m1/s1. The van der Waals surface area contributed by atoms with E-state index in [0.29, 0.717) is 0 Å². The normalized spacial score (nSPS) is 21.3. The first-order valence-electron chi connectivity index (χ1n) is 7.59. The second-order valence-corrected chi connectivity index (χ2v) is 6.74. The molecule has 0 bridgehead atoms. The maximum absolute atomic E-state index is 11.6. The fourth-order valence-electron chi connectivity index (χ4n) is 3.12. The number of nitrogens with zero attached hydrogens (tertiary/aromatic N) is 2. The Morgan fingerprint density at radius 3 is 2.91 bits per heavy atom. The summed E-state index contributed by atoms with van der Waals surface area (Å²) in [5, 5.41) is 6.47. The quantitative estimate of drug-likeness (QED) is 0.941. The first-order valence-corrected chi connectivity index (χ1v) is 7.97. The van der Waals surface area contributed by atoms with E-state index in [2.05, 4.69) is 46.3 Å². The molecule has 0 spiro atoms. The van der Waals surface area contributed by atoms with Crippen LogP contribution in [0.2, 0.25) is 5.02 Å². The molecule has 22 heavy (non-hydrogen) atoms. The van der Waals surface area contributed by atoms with E-state index < -0.39 is 0 Å². The highest BCUT2D eigenvalue weighted by molar-refractivity contribution is 6.33. The van der Waals surface area contributed by atoms with E-state index in [0.717, 1.165) is 38.0 Å². The van der Waals surface area contributed by atoms with Gasteiger partial charge in [0.2, 0.25) is 0 Å². The van der Waals surface area contributed by atoms with Gasteiger partial charge in [0.1, 0.15) is 5.02 Å². The minimum atomic E-state index is -0.322. The molecule has 0 saturated carbocycles. The maximum atomic E-state index is 11.6. The van der Waals surface area contributed by atoms with Crippen molar-refractivity contribution in [2.24, 2.45) is 5.41 Å². The number of halogens is 1. The van der Waals surface area contributed by atoms with Crippen LogP contribution in [0.15, 0.2) is 41.3 Å². The molecule has 2 aromatic rings. The summed E-state index contributed by atoms with van der Waals surface area (Å²) in [4.78, 5) is 13.8. The average molecular weight is 318 g/mol. The van der Waals surface area contributed by atoms with Gasteiger partial charge in [0.05, 0.1) is 11.9 Å². The van der Waals surface area contributed by atoms with Crippen LogP contribution in [0.1, 0.15) is 25.3 Å². The second kappa shape index (κ2) is 6.13. The van der Waals surface area contributed by atoms with Gasteiger partial charge in [-0.15, -0.1) is 0 Å². The molecule has 1 aliphatic rings. The summed E-state index contributed by atoms with van der Waals surface area (Å²) in [5.74, 6) is 0. The molecule has 1 aromatic carbocycles. The molecule has 3 rings (SSSR count). The van der Waals surface area contributed by atoms with Crippen LogP contribution < -0.4 is 10.5 Å². The van der Waals surface area contributed by atoms with Crippen molar-refractivity contribution >= 4 is 17.3 Å². The Hall–Kier alpha value is -1.81. The summed E-state index contributed by atoms with van der Waals surface area (Å²) in [6, 6.07) is 10.6. The smallest absolute Gasteiger partial charge is 0.285 e. The van der Waals surface area contributed by atoms with E-state index in [4.69, 9.17) is 11.6 Å². The van der Waals surface area contributed by atoms with Crippen molar-refractivity contribution in [3.05, 3.63) is 57.5 Å². The molecular formula is C17H20ClN3O. The first kappa shape index (κ1) is 15.1. The number of aryl methyl sites for hydroxylation is 1. The Labute approximate surface area is 135 Å². The van der Waals surface area contributed by atoms with E-state index in [-0.39, 0.29) is 16.0 Å². The van der Waals surface area contributed by atoms with Crippen LogP contribution in [-0.2, 0) is 6.42 Å². The zero-order valence-corrected chi connectivity index (χ0v) is 13.4. The van der Waals surface area contributed by atoms with Crippen molar-refractivity contribution < 1.29 is 0 Å². The average Bonchev–Trinajstić information content (AvgIpc) is 2.92. The predicted octanol–water partition coefficient (Wildman–Crippen LogP) is 3.27. The number of nitrogens with one attached hydrogen (secondary N) is 1. The number of hydrogen-bond donors (Lipinski definition) is 1. The minimum absolute atomic E-state index is 0.238. The molecule has 4 nitrogen and oxygen atoms in total. The van der Waals surface area contributed by atoms with E-state index in [1.54, 1.807) is 6.20 Å². The van der Waals surface area contributed by atoms with E-state index in [1.165, 1.54) is 5.56 Å². The molecule has 0 aliphatic carbocycles. The lowest BCUT2D eigenvalue weighted by Gasteiger charge is -2.25. The summed E-state index contributed by atoms with van der Waals surface area (Å²) in [6.07, 6.45) is 4.95. The van der Waals surface area contributed by atoms with Crippen molar-refractivity contribution in [2.75, 3.05) is 18.0 Å². The molecule has 116 valence electrons. The molecule has 0 amide bonds. The minimum Gasteiger partial charge on any atom is -0.368 e. The summed E-state index contributed by atoms with van der Waals surface area (Å²) in [5.41, 5.74) is 2.03. The van der Waals surface area contributed by atoms with Gasteiger partial charge < -0.3 is 4.90 Å². The molecule has 0 radical (unpaired) electrons. The van der Waals surface area contributed by atoms with Gasteiger partial charge in [0.25, 0.3) is 5.56 Å². The molecule has 1 N–H and O–H groups in total. The molecular weight excluding hydrogens is 298 g/mol. The van der Waals surface area contributed by atoms with Crippen molar-refractivity contribution in [1.29, 1.82) is 0 Å². The predicted molar refractivity (Wildman–Crippen MR) is 89.6 cm³/mol. The van der Waals surface area contributed by atoms with Gasteiger partial charge in [-0.05, 0) is 30.2 Å². The zero-order valence-electron chi connectivity index (χ0n) is 12.7. The largest absolute Gasteiger partial charge is 0.368 e. The number of aromatic nitrogens is 2. The number of anilines is 1. The lowest BCUT2D eigenvalue weighted by Crippen LogP contribution is -2.27. The number of benzene rings is 1. The highest BCUT2D eigenvalue weighted by Crippen LogP contribution is 2.38. The number of rotatable bonds is 4. The van der Waals surface area contributed by atoms with Crippen LogP contribution in [0, 0.1) is 5.41 Å². The highest BCUT2D eigenvalue weighted by atomic mass is 35.5. The van der Waals surface area contributed by atoms with Gasteiger partial charge in [-0.2, -0.15) is 5.10 Å². The summed E-state index contributed by atoms with van der Waals surface area (Å²) in [6.45, 7) is 4.13. The number of hydrogen-bond acceptors (Lipinski definition) is 3. The van der Waals surface area contributed by atoms with Gasteiger partial charge in [-0.25, -0.2) is 5.10 Å². The van der Waals surface area contributed by atoms with Gasteiger partial charge in [0.15, 0.2) is 0 Å². The lowest BCUT2D eigenvalue weighted by molar-refractivity contribution is 0.339. The first-order chi connectivity index (χ1) is 10.6. The monoisotopic (exact) mass is 317 g/mol. The second-order valence-electron chi connectivity index (χ2n) is 6.37. The van der Waals surface area contributed by atoms with Crippen LogP contribution >= 0.6 is 11.6 Å². The molecule has 1 saturated heterocycles. The lowest BCUT2D eigenvalue weighted by atomic mass is 9.83. The van der Waals surface area contributed by atoms with E-state index >= 15 is 0 Å². The van der Waals surface area contributed by atoms with Gasteiger partial charge in [-0.3, -0.25) is 4.79 Å². The number of aromatic amines is 1.